The van der Waals surface area contributed by atoms with Crippen molar-refractivity contribution in [2.75, 3.05) is 13.1 Å². The number of hydrogen-bond acceptors (Lipinski definition) is 4. The zero-order valence-corrected chi connectivity index (χ0v) is 17.8. The van der Waals surface area contributed by atoms with Crippen LogP contribution in [0, 0.1) is 10.1 Å². The number of nitrogens with one attached hydrogen (secondary N) is 2. The van der Waals surface area contributed by atoms with Crippen LogP contribution < -0.4 is 10.6 Å². The van der Waals surface area contributed by atoms with Gasteiger partial charge in [-0.15, -0.1) is 0 Å². The molecule has 1 rings (SSSR count). The average Bonchev–Trinajstić information content (AvgIpc) is 2.72. The number of rotatable bonds is 15. The van der Waals surface area contributed by atoms with Crippen molar-refractivity contribution >= 4 is 17.5 Å². The molecule has 0 saturated carbocycles. The minimum atomic E-state index is -0.580. The summed E-state index contributed by atoms with van der Waals surface area (Å²) in [5.74, 6) is -0.782. The van der Waals surface area contributed by atoms with E-state index < -0.39 is 16.7 Å². The lowest BCUT2D eigenvalue weighted by Gasteiger charge is -2.09. The molecule has 0 aliphatic rings. The van der Waals surface area contributed by atoms with E-state index in [4.69, 9.17) is 0 Å². The lowest BCUT2D eigenvalue weighted by molar-refractivity contribution is -0.384. The van der Waals surface area contributed by atoms with E-state index in [2.05, 4.69) is 24.5 Å². The lowest BCUT2D eigenvalue weighted by atomic mass is 10.1. The van der Waals surface area contributed by atoms with Crippen molar-refractivity contribution < 1.29 is 14.5 Å². The van der Waals surface area contributed by atoms with Gasteiger partial charge in [-0.25, -0.2) is 0 Å². The monoisotopic (exact) mass is 405 g/mol. The Hall–Kier alpha value is -2.44. The maximum absolute atomic E-state index is 12.4. The molecule has 29 heavy (non-hydrogen) atoms. The third kappa shape index (κ3) is 10.1. The summed E-state index contributed by atoms with van der Waals surface area (Å²) in [5, 5.41) is 16.8. The molecular formula is C22H35N3O4. The molecule has 7 nitrogen and oxygen atoms in total. The smallest absolute Gasteiger partial charge is 0.271 e. The second kappa shape index (κ2) is 14.5. The quantitative estimate of drug-likeness (QED) is 0.244. The first-order valence-electron chi connectivity index (χ1n) is 10.9. The first-order valence-corrected chi connectivity index (χ1v) is 10.9. The SMILES string of the molecule is CCCCCCCNC(=O)c1cc(C(=O)NCCCCCCC)cc([N+](=O)[O-])c1. The van der Waals surface area contributed by atoms with E-state index in [1.54, 1.807) is 0 Å². The van der Waals surface area contributed by atoms with Crippen LogP contribution in [0.1, 0.15) is 98.8 Å². The number of hydrogen-bond donors (Lipinski definition) is 2. The van der Waals surface area contributed by atoms with Gasteiger partial charge in [0.05, 0.1) is 4.92 Å². The van der Waals surface area contributed by atoms with Crippen LogP contribution in [0.25, 0.3) is 0 Å². The first kappa shape index (κ1) is 24.6. The summed E-state index contributed by atoms with van der Waals surface area (Å²) in [6.07, 6.45) is 10.7. The fraction of sp³-hybridized carbons (Fsp3) is 0.636. The number of carbonyl (C=O) groups excluding carboxylic acids is 2. The Morgan fingerprint density at radius 1 is 0.759 bits per heavy atom. The van der Waals surface area contributed by atoms with Crippen molar-refractivity contribution in [2.45, 2.75) is 78.1 Å². The third-order valence-corrected chi connectivity index (χ3v) is 4.78. The van der Waals surface area contributed by atoms with Crippen LogP contribution in [-0.4, -0.2) is 29.8 Å². The Bertz CT molecular complexity index is 615. The van der Waals surface area contributed by atoms with E-state index >= 15 is 0 Å². The van der Waals surface area contributed by atoms with E-state index in [0.29, 0.717) is 13.1 Å². The molecule has 0 spiro atoms. The molecule has 2 N–H and O–H groups in total. The number of nitrogens with zero attached hydrogens (tertiary/aromatic N) is 1. The van der Waals surface area contributed by atoms with E-state index in [1.165, 1.54) is 31.0 Å². The number of unbranched alkanes of at least 4 members (excludes halogenated alkanes) is 8. The van der Waals surface area contributed by atoms with E-state index in [1.807, 2.05) is 0 Å². The molecule has 7 heteroatoms. The average molecular weight is 406 g/mol. The molecule has 0 aliphatic heterocycles. The number of carbonyl (C=O) groups is 2. The van der Waals surface area contributed by atoms with Crippen LogP contribution in [0.5, 0.6) is 0 Å². The van der Waals surface area contributed by atoms with Crippen LogP contribution in [-0.2, 0) is 0 Å². The van der Waals surface area contributed by atoms with Gasteiger partial charge in [0, 0.05) is 36.3 Å². The van der Waals surface area contributed by atoms with Crippen molar-refractivity contribution in [1.82, 2.24) is 10.6 Å². The topological polar surface area (TPSA) is 101 Å². The van der Waals surface area contributed by atoms with Gasteiger partial charge in [0.1, 0.15) is 0 Å². The van der Waals surface area contributed by atoms with Gasteiger partial charge >= 0.3 is 0 Å². The number of amides is 2. The number of benzene rings is 1. The Balaban J connectivity index is 2.64. The molecule has 0 saturated heterocycles. The zero-order chi connectivity index (χ0) is 21.5. The second-order valence-electron chi connectivity index (χ2n) is 7.37. The summed E-state index contributed by atoms with van der Waals surface area (Å²) < 4.78 is 0. The summed E-state index contributed by atoms with van der Waals surface area (Å²) in [6.45, 7) is 5.32. The minimum absolute atomic E-state index is 0.140. The highest BCUT2D eigenvalue weighted by Gasteiger charge is 2.17. The molecule has 0 aromatic heterocycles. The molecule has 0 fully saturated rings. The Kier molecular flexibility index (Phi) is 12.3. The predicted molar refractivity (Wildman–Crippen MR) is 115 cm³/mol. The van der Waals surface area contributed by atoms with Gasteiger partial charge in [-0.05, 0) is 18.9 Å². The summed E-state index contributed by atoms with van der Waals surface area (Å²) in [4.78, 5) is 35.4. The van der Waals surface area contributed by atoms with Gasteiger partial charge in [-0.1, -0.05) is 65.2 Å². The maximum atomic E-state index is 12.4. The number of non-ortho nitro benzene ring substituents is 1. The van der Waals surface area contributed by atoms with Gasteiger partial charge in [0.15, 0.2) is 0 Å². The molecule has 2 amide bonds. The van der Waals surface area contributed by atoms with Crippen molar-refractivity contribution in [1.29, 1.82) is 0 Å². The van der Waals surface area contributed by atoms with Crippen LogP contribution in [0.2, 0.25) is 0 Å². The van der Waals surface area contributed by atoms with E-state index in [0.717, 1.165) is 51.4 Å². The van der Waals surface area contributed by atoms with E-state index in [9.17, 15) is 19.7 Å². The van der Waals surface area contributed by atoms with Crippen molar-refractivity contribution in [2.24, 2.45) is 0 Å². The Morgan fingerprint density at radius 3 is 1.55 bits per heavy atom. The molecule has 0 unspecified atom stereocenters. The largest absolute Gasteiger partial charge is 0.352 e. The summed E-state index contributed by atoms with van der Waals surface area (Å²) in [7, 11) is 0. The molecule has 0 radical (unpaired) electrons. The molecule has 0 heterocycles. The molecule has 1 aromatic rings. The van der Waals surface area contributed by atoms with Crippen LogP contribution in [0.3, 0.4) is 0 Å². The van der Waals surface area contributed by atoms with Crippen LogP contribution >= 0.6 is 0 Å². The highest BCUT2D eigenvalue weighted by atomic mass is 16.6. The van der Waals surface area contributed by atoms with Gasteiger partial charge in [-0.3, -0.25) is 19.7 Å². The Labute approximate surface area is 173 Å². The van der Waals surface area contributed by atoms with Gasteiger partial charge in [-0.2, -0.15) is 0 Å². The maximum Gasteiger partial charge on any atom is 0.271 e. The summed E-state index contributed by atoms with van der Waals surface area (Å²) >= 11 is 0. The van der Waals surface area contributed by atoms with Crippen molar-refractivity contribution in [3.63, 3.8) is 0 Å². The summed E-state index contributed by atoms with van der Waals surface area (Å²) in [6, 6.07) is 3.85. The predicted octanol–water partition coefficient (Wildman–Crippen LogP) is 5.00. The van der Waals surface area contributed by atoms with Gasteiger partial charge < -0.3 is 10.6 Å². The molecule has 0 atom stereocenters. The fourth-order valence-corrected chi connectivity index (χ4v) is 3.04. The highest BCUT2D eigenvalue weighted by molar-refractivity contribution is 6.00. The normalized spacial score (nSPS) is 10.6. The molecular weight excluding hydrogens is 370 g/mol. The molecule has 1 aromatic carbocycles. The van der Waals surface area contributed by atoms with Crippen molar-refractivity contribution in [3.05, 3.63) is 39.4 Å². The van der Waals surface area contributed by atoms with Crippen LogP contribution in [0.4, 0.5) is 5.69 Å². The third-order valence-electron chi connectivity index (χ3n) is 4.78. The first-order chi connectivity index (χ1) is 14.0. The van der Waals surface area contributed by atoms with Crippen molar-refractivity contribution in [3.8, 4) is 0 Å². The lowest BCUT2D eigenvalue weighted by Crippen LogP contribution is -2.27. The standard InChI is InChI=1S/C22H35N3O4/c1-3-5-7-9-11-13-23-21(26)18-15-19(17-20(16-18)25(28)29)22(27)24-14-12-10-8-6-4-2/h15-17H,3-14H2,1-2H3,(H,23,26)(H,24,27). The second-order valence-corrected chi connectivity index (χ2v) is 7.37. The fourth-order valence-electron chi connectivity index (χ4n) is 3.04. The van der Waals surface area contributed by atoms with Crippen LogP contribution in [0.15, 0.2) is 18.2 Å². The molecule has 0 bridgehead atoms. The van der Waals surface area contributed by atoms with Gasteiger partial charge in [0.2, 0.25) is 0 Å². The zero-order valence-electron chi connectivity index (χ0n) is 17.8. The summed E-state index contributed by atoms with van der Waals surface area (Å²) in [5.41, 5.74) is 0.0235. The minimum Gasteiger partial charge on any atom is -0.352 e. The Morgan fingerprint density at radius 2 is 1.17 bits per heavy atom. The highest BCUT2D eigenvalue weighted by Crippen LogP contribution is 2.18. The van der Waals surface area contributed by atoms with E-state index in [-0.39, 0.29) is 16.8 Å². The number of nitro groups is 1. The molecule has 162 valence electrons. The number of nitro benzene ring substituents is 1. The van der Waals surface area contributed by atoms with Gasteiger partial charge in [0.25, 0.3) is 17.5 Å². The molecule has 0 aliphatic carbocycles.